The number of carbonyl (C=O) groups excluding carboxylic acids is 2. The zero-order valence-electron chi connectivity index (χ0n) is 16.1. The Morgan fingerprint density at radius 3 is 2.52 bits per heavy atom. The van der Waals surface area contributed by atoms with Crippen LogP contribution in [-0.4, -0.2) is 28.6 Å². The van der Waals surface area contributed by atoms with Gasteiger partial charge in [0.1, 0.15) is 5.75 Å². The summed E-state index contributed by atoms with van der Waals surface area (Å²) < 4.78 is 15.5. The fourth-order valence-electron chi connectivity index (χ4n) is 2.56. The molecule has 2 aromatic carbocycles. The number of benzene rings is 2. The second-order valence-corrected chi connectivity index (χ2v) is 6.60. The summed E-state index contributed by atoms with van der Waals surface area (Å²) >= 11 is 0. The largest absolute Gasteiger partial charge is 0.481 e. The zero-order chi connectivity index (χ0) is 20.8. The maximum atomic E-state index is 11.9. The SMILES string of the molecule is CC(C)c1ccc(-c2noc(COC(=O)COc3ccccc3C(N)=O)n2)cc1. The Balaban J connectivity index is 1.53. The van der Waals surface area contributed by atoms with E-state index >= 15 is 0 Å². The number of ether oxygens (including phenoxy) is 2. The molecule has 0 aliphatic carbocycles. The van der Waals surface area contributed by atoms with Crippen molar-refractivity contribution in [1.82, 2.24) is 10.1 Å². The van der Waals surface area contributed by atoms with Crippen molar-refractivity contribution < 1.29 is 23.6 Å². The third-order valence-electron chi connectivity index (χ3n) is 4.16. The van der Waals surface area contributed by atoms with Crippen LogP contribution in [0.2, 0.25) is 0 Å². The minimum absolute atomic E-state index is 0.166. The first-order chi connectivity index (χ1) is 13.9. The molecular formula is C21H21N3O5. The highest BCUT2D eigenvalue weighted by molar-refractivity contribution is 5.95. The van der Waals surface area contributed by atoms with Gasteiger partial charge in [-0.1, -0.05) is 55.4 Å². The fraction of sp³-hybridized carbons (Fsp3) is 0.238. The van der Waals surface area contributed by atoms with Gasteiger partial charge in [0.2, 0.25) is 5.82 Å². The third-order valence-corrected chi connectivity index (χ3v) is 4.16. The van der Waals surface area contributed by atoms with Gasteiger partial charge in [-0.15, -0.1) is 0 Å². The normalized spacial score (nSPS) is 10.7. The van der Waals surface area contributed by atoms with E-state index in [1.54, 1.807) is 18.2 Å². The van der Waals surface area contributed by atoms with Crippen LogP contribution in [0.25, 0.3) is 11.4 Å². The van der Waals surface area contributed by atoms with E-state index in [4.69, 9.17) is 19.7 Å². The molecule has 0 unspecified atom stereocenters. The van der Waals surface area contributed by atoms with Crippen molar-refractivity contribution in [3.8, 4) is 17.1 Å². The zero-order valence-corrected chi connectivity index (χ0v) is 16.1. The molecule has 0 saturated carbocycles. The number of primary amides is 1. The predicted octanol–water partition coefficient (Wildman–Crippen LogP) is 3.08. The van der Waals surface area contributed by atoms with Gasteiger partial charge in [-0.3, -0.25) is 4.79 Å². The number of amides is 1. The Labute approximate surface area is 167 Å². The standard InChI is InChI=1S/C21H21N3O5/c1-13(2)14-7-9-15(10-8-14)21-23-18(29-24-21)11-28-19(25)12-27-17-6-4-3-5-16(17)20(22)26/h3-10,13H,11-12H2,1-2H3,(H2,22,26). The number of nitrogens with zero attached hydrogens (tertiary/aromatic N) is 2. The smallest absolute Gasteiger partial charge is 0.344 e. The molecule has 8 nitrogen and oxygen atoms in total. The van der Waals surface area contributed by atoms with Gasteiger partial charge in [-0.2, -0.15) is 4.98 Å². The predicted molar refractivity (Wildman–Crippen MR) is 104 cm³/mol. The van der Waals surface area contributed by atoms with Crippen LogP contribution in [0.4, 0.5) is 0 Å². The number of para-hydroxylation sites is 1. The Hall–Kier alpha value is -3.68. The quantitative estimate of drug-likeness (QED) is 0.582. The molecule has 0 atom stereocenters. The second-order valence-electron chi connectivity index (χ2n) is 6.60. The van der Waals surface area contributed by atoms with E-state index in [1.807, 2.05) is 24.3 Å². The summed E-state index contributed by atoms with van der Waals surface area (Å²) in [6.45, 7) is 3.66. The highest BCUT2D eigenvalue weighted by atomic mass is 16.6. The highest BCUT2D eigenvalue weighted by Gasteiger charge is 2.14. The molecule has 0 aliphatic rings. The van der Waals surface area contributed by atoms with E-state index in [9.17, 15) is 9.59 Å². The average Bonchev–Trinajstić information content (AvgIpc) is 3.20. The Morgan fingerprint density at radius 1 is 1.10 bits per heavy atom. The summed E-state index contributed by atoms with van der Waals surface area (Å²) in [6.07, 6.45) is 0. The maximum Gasteiger partial charge on any atom is 0.344 e. The summed E-state index contributed by atoms with van der Waals surface area (Å²) in [5, 5.41) is 3.90. The van der Waals surface area contributed by atoms with Crippen molar-refractivity contribution in [2.45, 2.75) is 26.4 Å². The summed E-state index contributed by atoms with van der Waals surface area (Å²) in [6, 6.07) is 14.2. The topological polar surface area (TPSA) is 118 Å². The van der Waals surface area contributed by atoms with E-state index in [-0.39, 0.29) is 30.4 Å². The van der Waals surface area contributed by atoms with E-state index in [1.165, 1.54) is 11.6 Å². The van der Waals surface area contributed by atoms with Crippen LogP contribution in [0.5, 0.6) is 5.75 Å². The van der Waals surface area contributed by atoms with Crippen molar-refractivity contribution in [1.29, 1.82) is 0 Å². The number of hydrogen-bond acceptors (Lipinski definition) is 7. The van der Waals surface area contributed by atoms with E-state index < -0.39 is 11.9 Å². The third kappa shape index (κ3) is 5.19. The maximum absolute atomic E-state index is 11.9. The first-order valence-electron chi connectivity index (χ1n) is 9.04. The molecule has 0 spiro atoms. The number of aromatic nitrogens is 2. The number of carbonyl (C=O) groups is 2. The van der Waals surface area contributed by atoms with Crippen LogP contribution >= 0.6 is 0 Å². The minimum Gasteiger partial charge on any atom is -0.481 e. The molecule has 2 N–H and O–H groups in total. The van der Waals surface area contributed by atoms with Crippen molar-refractivity contribution >= 4 is 11.9 Å². The van der Waals surface area contributed by atoms with Gasteiger partial charge in [0.05, 0.1) is 5.56 Å². The Bertz CT molecular complexity index is 996. The molecule has 0 radical (unpaired) electrons. The number of esters is 1. The van der Waals surface area contributed by atoms with Gasteiger partial charge >= 0.3 is 5.97 Å². The lowest BCUT2D eigenvalue weighted by molar-refractivity contribution is -0.148. The minimum atomic E-state index is -0.648. The molecule has 150 valence electrons. The Kier molecular flexibility index (Phi) is 6.23. The number of nitrogens with two attached hydrogens (primary N) is 1. The van der Waals surface area contributed by atoms with Crippen molar-refractivity contribution in [3.05, 3.63) is 65.5 Å². The molecule has 1 amide bonds. The van der Waals surface area contributed by atoms with Crippen LogP contribution in [0.15, 0.2) is 53.1 Å². The molecule has 29 heavy (non-hydrogen) atoms. The second kappa shape index (κ2) is 9.01. The van der Waals surface area contributed by atoms with Crippen LogP contribution in [-0.2, 0) is 16.1 Å². The lowest BCUT2D eigenvalue weighted by atomic mass is 10.0. The van der Waals surface area contributed by atoms with Crippen molar-refractivity contribution in [2.24, 2.45) is 5.73 Å². The molecule has 3 rings (SSSR count). The molecular weight excluding hydrogens is 374 g/mol. The lowest BCUT2D eigenvalue weighted by Crippen LogP contribution is -2.18. The number of rotatable bonds is 8. The lowest BCUT2D eigenvalue weighted by Gasteiger charge is -2.08. The van der Waals surface area contributed by atoms with Gasteiger partial charge < -0.3 is 19.7 Å². The molecule has 1 heterocycles. The van der Waals surface area contributed by atoms with E-state index in [0.717, 1.165) is 5.56 Å². The van der Waals surface area contributed by atoms with Crippen LogP contribution in [0.3, 0.4) is 0 Å². The average molecular weight is 395 g/mol. The van der Waals surface area contributed by atoms with Crippen molar-refractivity contribution in [3.63, 3.8) is 0 Å². The Morgan fingerprint density at radius 2 is 1.83 bits per heavy atom. The first-order valence-corrected chi connectivity index (χ1v) is 9.04. The monoisotopic (exact) mass is 395 g/mol. The van der Waals surface area contributed by atoms with Crippen LogP contribution in [0.1, 0.15) is 41.6 Å². The fourth-order valence-corrected chi connectivity index (χ4v) is 2.56. The molecule has 8 heteroatoms. The van der Waals surface area contributed by atoms with E-state index in [0.29, 0.717) is 11.7 Å². The summed E-state index contributed by atoms with van der Waals surface area (Å²) in [5.74, 6) is -0.0702. The van der Waals surface area contributed by atoms with Crippen molar-refractivity contribution in [2.75, 3.05) is 6.61 Å². The van der Waals surface area contributed by atoms with Crippen LogP contribution < -0.4 is 10.5 Å². The van der Waals surface area contributed by atoms with Crippen LogP contribution in [0, 0.1) is 0 Å². The van der Waals surface area contributed by atoms with Gasteiger partial charge in [0, 0.05) is 5.56 Å². The molecule has 0 fully saturated rings. The molecule has 0 bridgehead atoms. The molecule has 0 saturated heterocycles. The van der Waals surface area contributed by atoms with Gasteiger partial charge in [0.25, 0.3) is 11.8 Å². The van der Waals surface area contributed by atoms with Gasteiger partial charge in [-0.05, 0) is 23.6 Å². The molecule has 3 aromatic rings. The first kappa shape index (κ1) is 20.1. The van der Waals surface area contributed by atoms with Gasteiger partial charge in [-0.25, -0.2) is 4.79 Å². The van der Waals surface area contributed by atoms with E-state index in [2.05, 4.69) is 24.0 Å². The molecule has 1 aromatic heterocycles. The summed E-state index contributed by atoms with van der Waals surface area (Å²) in [4.78, 5) is 27.5. The number of hydrogen-bond donors (Lipinski definition) is 1. The summed E-state index contributed by atoms with van der Waals surface area (Å²) in [5.41, 5.74) is 7.47. The van der Waals surface area contributed by atoms with Gasteiger partial charge in [0.15, 0.2) is 13.2 Å². The summed E-state index contributed by atoms with van der Waals surface area (Å²) in [7, 11) is 0. The highest BCUT2D eigenvalue weighted by Crippen LogP contribution is 2.21. The molecule has 0 aliphatic heterocycles.